The molecular weight excluding hydrogens is 191 g/mol. The molecule has 1 spiro atoms. The zero-order valence-corrected chi connectivity index (χ0v) is 8.75. The van der Waals surface area contributed by atoms with Crippen molar-refractivity contribution in [1.29, 1.82) is 0 Å². The summed E-state index contributed by atoms with van der Waals surface area (Å²) >= 11 is 0. The summed E-state index contributed by atoms with van der Waals surface area (Å²) in [6.45, 7) is 2.10. The molecule has 80 valence electrons. The van der Waals surface area contributed by atoms with E-state index in [1.807, 2.05) is 6.07 Å². The Morgan fingerprint density at radius 3 is 2.87 bits per heavy atom. The van der Waals surface area contributed by atoms with E-state index in [4.69, 9.17) is 0 Å². The Morgan fingerprint density at radius 2 is 2.13 bits per heavy atom. The van der Waals surface area contributed by atoms with Crippen LogP contribution in [0, 0.1) is 11.4 Å². The molecule has 2 nitrogen and oxygen atoms in total. The summed E-state index contributed by atoms with van der Waals surface area (Å²) in [7, 11) is 0. The van der Waals surface area contributed by atoms with Gasteiger partial charge in [0, 0.05) is 13.1 Å². The van der Waals surface area contributed by atoms with Crippen molar-refractivity contribution in [1.82, 2.24) is 4.98 Å². The van der Waals surface area contributed by atoms with Gasteiger partial charge >= 0.3 is 0 Å². The average molecular weight is 206 g/mol. The second kappa shape index (κ2) is 3.19. The van der Waals surface area contributed by atoms with Gasteiger partial charge in [0.1, 0.15) is 5.82 Å². The highest BCUT2D eigenvalue weighted by molar-refractivity contribution is 5.39. The maximum Gasteiger partial charge on any atom is 0.214 e. The third-order valence-corrected chi connectivity index (χ3v) is 3.64. The fourth-order valence-electron chi connectivity index (χ4n) is 2.56. The number of anilines is 1. The first-order chi connectivity index (χ1) is 7.27. The van der Waals surface area contributed by atoms with Crippen molar-refractivity contribution < 1.29 is 4.39 Å². The van der Waals surface area contributed by atoms with Crippen molar-refractivity contribution in [3.63, 3.8) is 0 Å². The van der Waals surface area contributed by atoms with Crippen molar-refractivity contribution in [2.24, 2.45) is 5.41 Å². The molecule has 1 aromatic heterocycles. The van der Waals surface area contributed by atoms with Crippen molar-refractivity contribution in [2.75, 3.05) is 18.0 Å². The van der Waals surface area contributed by atoms with Crippen LogP contribution in [0.4, 0.5) is 10.2 Å². The second-order valence-corrected chi connectivity index (χ2v) is 4.84. The lowest BCUT2D eigenvalue weighted by molar-refractivity contribution is 0.392. The number of halogens is 1. The first kappa shape index (κ1) is 9.13. The Morgan fingerprint density at radius 1 is 1.27 bits per heavy atom. The first-order valence-electron chi connectivity index (χ1n) is 5.65. The monoisotopic (exact) mass is 206 g/mol. The molecule has 1 saturated heterocycles. The highest BCUT2D eigenvalue weighted by atomic mass is 19.1. The zero-order chi connectivity index (χ0) is 10.3. The van der Waals surface area contributed by atoms with Crippen LogP contribution in [0.15, 0.2) is 18.2 Å². The molecule has 15 heavy (non-hydrogen) atoms. The molecule has 2 fully saturated rings. The van der Waals surface area contributed by atoms with Gasteiger partial charge in [-0.15, -0.1) is 0 Å². The SMILES string of the molecule is Fc1cccc(N2CCCC3(CC3)C2)n1. The molecule has 0 N–H and O–H groups in total. The number of pyridine rings is 1. The first-order valence-corrected chi connectivity index (χ1v) is 5.65. The number of piperidine rings is 1. The normalized spacial score (nSPS) is 23.1. The average Bonchev–Trinajstić information content (AvgIpc) is 2.98. The van der Waals surface area contributed by atoms with E-state index in [1.54, 1.807) is 6.07 Å². The molecule has 1 saturated carbocycles. The highest BCUT2D eigenvalue weighted by Crippen LogP contribution is 2.52. The van der Waals surface area contributed by atoms with E-state index < -0.39 is 0 Å². The molecule has 0 bridgehead atoms. The van der Waals surface area contributed by atoms with E-state index in [0.717, 1.165) is 18.9 Å². The summed E-state index contributed by atoms with van der Waals surface area (Å²) in [6.07, 6.45) is 5.26. The van der Waals surface area contributed by atoms with E-state index in [2.05, 4.69) is 9.88 Å². The Balaban J connectivity index is 1.81. The van der Waals surface area contributed by atoms with Crippen LogP contribution < -0.4 is 4.90 Å². The molecule has 2 aliphatic rings. The van der Waals surface area contributed by atoms with Crippen LogP contribution in [-0.4, -0.2) is 18.1 Å². The molecule has 3 rings (SSSR count). The summed E-state index contributed by atoms with van der Waals surface area (Å²) in [5, 5.41) is 0. The Labute approximate surface area is 89.1 Å². The Hall–Kier alpha value is -1.12. The zero-order valence-electron chi connectivity index (χ0n) is 8.75. The molecule has 0 radical (unpaired) electrons. The van der Waals surface area contributed by atoms with Crippen molar-refractivity contribution in [3.05, 3.63) is 24.1 Å². The molecule has 2 heterocycles. The summed E-state index contributed by atoms with van der Waals surface area (Å²) in [6, 6.07) is 5.05. The van der Waals surface area contributed by atoms with Gasteiger partial charge in [0.25, 0.3) is 0 Å². The summed E-state index contributed by atoms with van der Waals surface area (Å²) in [5.41, 5.74) is 0.562. The van der Waals surface area contributed by atoms with E-state index >= 15 is 0 Å². The van der Waals surface area contributed by atoms with Crippen molar-refractivity contribution in [2.45, 2.75) is 25.7 Å². The molecule has 0 atom stereocenters. The lowest BCUT2D eigenvalue weighted by atomic mass is 9.95. The molecule has 0 unspecified atom stereocenters. The van der Waals surface area contributed by atoms with E-state index in [9.17, 15) is 4.39 Å². The number of rotatable bonds is 1. The molecule has 0 amide bonds. The lowest BCUT2D eigenvalue weighted by Crippen LogP contribution is -2.37. The molecule has 3 heteroatoms. The van der Waals surface area contributed by atoms with Crippen LogP contribution in [-0.2, 0) is 0 Å². The number of hydrogen-bond donors (Lipinski definition) is 0. The Kier molecular flexibility index (Phi) is 1.94. The van der Waals surface area contributed by atoms with Gasteiger partial charge in [0.15, 0.2) is 0 Å². The van der Waals surface area contributed by atoms with Crippen LogP contribution in [0.1, 0.15) is 25.7 Å². The maximum atomic E-state index is 13.0. The predicted molar refractivity (Wildman–Crippen MR) is 57.3 cm³/mol. The molecule has 1 aliphatic carbocycles. The minimum Gasteiger partial charge on any atom is -0.356 e. The molecular formula is C12H15FN2. The van der Waals surface area contributed by atoms with Gasteiger partial charge in [-0.3, -0.25) is 0 Å². The number of hydrogen-bond acceptors (Lipinski definition) is 2. The number of nitrogens with zero attached hydrogens (tertiary/aromatic N) is 2. The second-order valence-electron chi connectivity index (χ2n) is 4.84. The van der Waals surface area contributed by atoms with Crippen molar-refractivity contribution >= 4 is 5.82 Å². The van der Waals surface area contributed by atoms with Crippen molar-refractivity contribution in [3.8, 4) is 0 Å². The fourth-order valence-corrected chi connectivity index (χ4v) is 2.56. The van der Waals surface area contributed by atoms with Gasteiger partial charge in [-0.05, 0) is 43.2 Å². The van der Waals surface area contributed by atoms with Crippen LogP contribution in [0.25, 0.3) is 0 Å². The lowest BCUT2D eigenvalue weighted by Gasteiger charge is -2.33. The number of aromatic nitrogens is 1. The van der Waals surface area contributed by atoms with Gasteiger partial charge in [0.2, 0.25) is 5.95 Å². The quantitative estimate of drug-likeness (QED) is 0.656. The Bertz CT molecular complexity index is 374. The summed E-state index contributed by atoms with van der Waals surface area (Å²) < 4.78 is 13.0. The summed E-state index contributed by atoms with van der Waals surface area (Å²) in [4.78, 5) is 6.19. The smallest absolute Gasteiger partial charge is 0.214 e. The molecule has 1 aliphatic heterocycles. The third-order valence-electron chi connectivity index (χ3n) is 3.64. The molecule has 1 aromatic rings. The largest absolute Gasteiger partial charge is 0.356 e. The van der Waals surface area contributed by atoms with Crippen LogP contribution in [0.5, 0.6) is 0 Å². The molecule has 0 aromatic carbocycles. The van der Waals surface area contributed by atoms with Gasteiger partial charge in [-0.2, -0.15) is 4.39 Å². The minimum absolute atomic E-state index is 0.372. The maximum absolute atomic E-state index is 13.0. The topological polar surface area (TPSA) is 16.1 Å². The standard InChI is InChI=1S/C12H15FN2/c13-10-3-1-4-11(14-10)15-8-2-5-12(9-15)6-7-12/h1,3-4H,2,5-9H2. The van der Waals surface area contributed by atoms with Crippen LogP contribution >= 0.6 is 0 Å². The third kappa shape index (κ3) is 1.71. The van der Waals surface area contributed by atoms with Gasteiger partial charge in [-0.1, -0.05) is 6.07 Å². The fraction of sp³-hybridized carbons (Fsp3) is 0.583. The predicted octanol–water partition coefficient (Wildman–Crippen LogP) is 2.60. The van der Waals surface area contributed by atoms with E-state index in [0.29, 0.717) is 5.41 Å². The van der Waals surface area contributed by atoms with Crippen LogP contribution in [0.2, 0.25) is 0 Å². The van der Waals surface area contributed by atoms with Gasteiger partial charge in [0.05, 0.1) is 0 Å². The van der Waals surface area contributed by atoms with Gasteiger partial charge in [-0.25, -0.2) is 4.98 Å². The summed E-state index contributed by atoms with van der Waals surface area (Å²) in [5.74, 6) is 0.434. The highest BCUT2D eigenvalue weighted by Gasteiger charge is 2.45. The van der Waals surface area contributed by atoms with E-state index in [1.165, 1.54) is 31.7 Å². The minimum atomic E-state index is -0.372. The van der Waals surface area contributed by atoms with Gasteiger partial charge < -0.3 is 4.90 Å². The van der Waals surface area contributed by atoms with Crippen LogP contribution in [0.3, 0.4) is 0 Å². The van der Waals surface area contributed by atoms with E-state index in [-0.39, 0.29) is 5.95 Å².